The van der Waals surface area contributed by atoms with E-state index in [9.17, 15) is 19.7 Å². The maximum Gasteiger partial charge on any atom is 0.283 e. The Bertz CT molecular complexity index is 2110. The van der Waals surface area contributed by atoms with E-state index in [0.717, 1.165) is 23.1 Å². The van der Waals surface area contributed by atoms with Crippen molar-refractivity contribution < 1.29 is 9.72 Å². The minimum Gasteiger partial charge on any atom is -0.322 e. The van der Waals surface area contributed by atoms with Crippen LogP contribution in [0.25, 0.3) is 6.08 Å². The second-order valence-corrected chi connectivity index (χ2v) is 12.0. The van der Waals surface area contributed by atoms with Gasteiger partial charge in [0, 0.05) is 29.2 Å². The predicted octanol–water partition coefficient (Wildman–Crippen LogP) is 5.38. The van der Waals surface area contributed by atoms with Gasteiger partial charge in [0.15, 0.2) is 9.96 Å². The van der Waals surface area contributed by atoms with Gasteiger partial charge >= 0.3 is 0 Å². The number of carbonyl (C=O) groups is 1. The summed E-state index contributed by atoms with van der Waals surface area (Å²) in [6, 6.07) is 21.6. The lowest BCUT2D eigenvalue weighted by molar-refractivity contribution is -0.387. The largest absolute Gasteiger partial charge is 0.322 e. The first kappa shape index (κ1) is 29.2. The first-order valence-corrected chi connectivity index (χ1v) is 15.2. The fraction of sp³-hybridized carbons (Fsp3) is 0.0645. The molecular formula is C31H21ClN6O4S2. The van der Waals surface area contributed by atoms with Crippen molar-refractivity contribution in [2.24, 2.45) is 4.99 Å². The van der Waals surface area contributed by atoms with Crippen LogP contribution < -0.4 is 20.2 Å². The number of amides is 1. The van der Waals surface area contributed by atoms with Gasteiger partial charge in [0.2, 0.25) is 0 Å². The van der Waals surface area contributed by atoms with E-state index >= 15 is 0 Å². The van der Waals surface area contributed by atoms with Crippen molar-refractivity contribution >= 4 is 58.1 Å². The zero-order chi connectivity index (χ0) is 30.8. The lowest BCUT2D eigenvalue weighted by Crippen LogP contribution is -2.40. The number of anilines is 1. The van der Waals surface area contributed by atoms with Crippen molar-refractivity contribution in [3.63, 3.8) is 0 Å². The predicted molar refractivity (Wildman–Crippen MR) is 170 cm³/mol. The first-order chi connectivity index (χ1) is 21.3. The molecule has 5 aromatic rings. The van der Waals surface area contributed by atoms with E-state index in [-0.39, 0.29) is 11.2 Å². The summed E-state index contributed by atoms with van der Waals surface area (Å²) >= 11 is 8.38. The summed E-state index contributed by atoms with van der Waals surface area (Å²) in [5.41, 5.74) is 1.99. The number of hydrogen-bond acceptors (Lipinski definition) is 9. The molecule has 1 aliphatic heterocycles. The van der Waals surface area contributed by atoms with Crippen molar-refractivity contribution in [2.75, 3.05) is 5.32 Å². The Balaban J connectivity index is 1.44. The summed E-state index contributed by atoms with van der Waals surface area (Å²) in [7, 11) is 0. The van der Waals surface area contributed by atoms with Gasteiger partial charge in [-0.15, -0.1) is 0 Å². The van der Waals surface area contributed by atoms with Crippen molar-refractivity contribution in [1.29, 1.82) is 0 Å². The summed E-state index contributed by atoms with van der Waals surface area (Å²) in [6.45, 7) is 1.73. The molecule has 1 aliphatic rings. The van der Waals surface area contributed by atoms with E-state index in [1.165, 1.54) is 10.6 Å². The number of thiazole rings is 1. The van der Waals surface area contributed by atoms with Crippen LogP contribution in [-0.4, -0.2) is 25.4 Å². The quantitative estimate of drug-likeness (QED) is 0.144. The van der Waals surface area contributed by atoms with Crippen LogP contribution in [0, 0.1) is 10.1 Å². The Kier molecular flexibility index (Phi) is 8.20. The monoisotopic (exact) mass is 640 g/mol. The standard InChI is InChI=1S/C31H21ClN6O4S2/c1-18-26(28(39)36-22-6-3-2-4-7-22)27(20-9-11-21(32)12-10-20)37-29(40)25(44-31(37)35-18)17-19-8-13-24(23(16-19)38(41)42)43-30-33-14-5-15-34-30/h2-17,27H,1H3,(H,36,39)/b25-17+/t27-/m0/s1. The third-order valence-electron chi connectivity index (χ3n) is 6.70. The van der Waals surface area contributed by atoms with E-state index < -0.39 is 16.9 Å². The Morgan fingerprint density at radius 3 is 2.50 bits per heavy atom. The molecule has 1 amide bonds. The van der Waals surface area contributed by atoms with E-state index in [4.69, 9.17) is 11.6 Å². The number of nitro benzene ring substituents is 1. The Morgan fingerprint density at radius 2 is 1.80 bits per heavy atom. The topological polar surface area (TPSA) is 132 Å². The van der Waals surface area contributed by atoms with E-state index in [0.29, 0.717) is 52.5 Å². The molecule has 13 heteroatoms. The minimum absolute atomic E-state index is 0.140. The molecule has 3 aromatic carbocycles. The number of aromatic nitrogens is 3. The molecule has 1 atom stereocenters. The SMILES string of the molecule is CC1=C(C(=O)Nc2ccccc2)[C@H](c2ccc(Cl)cc2)n2c(s/c(=C/c3ccc(Sc4ncccn4)c([N+](=O)[O-])c3)c2=O)=N1. The Hall–Kier alpha value is -4.91. The normalized spacial score (nSPS) is 14.6. The number of allylic oxidation sites excluding steroid dienone is 1. The number of rotatable bonds is 7. The number of halogens is 1. The highest BCUT2D eigenvalue weighted by molar-refractivity contribution is 7.99. The molecule has 0 saturated heterocycles. The molecule has 1 N–H and O–H groups in total. The van der Waals surface area contributed by atoms with Crippen LogP contribution in [0.1, 0.15) is 24.1 Å². The maximum absolute atomic E-state index is 14.0. The average molecular weight is 641 g/mol. The molecule has 0 spiro atoms. The second kappa shape index (κ2) is 12.4. The Labute approximate surface area is 263 Å². The van der Waals surface area contributed by atoms with E-state index in [2.05, 4.69) is 20.3 Å². The molecule has 0 radical (unpaired) electrons. The molecule has 0 bridgehead atoms. The highest BCUT2D eigenvalue weighted by atomic mass is 35.5. The van der Waals surface area contributed by atoms with Crippen molar-refractivity contribution in [2.45, 2.75) is 23.0 Å². The number of benzene rings is 3. The number of nitro groups is 1. The number of hydrogen-bond donors (Lipinski definition) is 1. The summed E-state index contributed by atoms with van der Waals surface area (Å²) in [5, 5.41) is 15.7. The highest BCUT2D eigenvalue weighted by Gasteiger charge is 2.32. The number of nitrogens with one attached hydrogen (secondary N) is 1. The minimum atomic E-state index is -0.784. The van der Waals surface area contributed by atoms with Gasteiger partial charge < -0.3 is 5.32 Å². The average Bonchev–Trinajstić information content (AvgIpc) is 3.32. The summed E-state index contributed by atoms with van der Waals surface area (Å²) in [6.07, 6.45) is 4.71. The lowest BCUT2D eigenvalue weighted by atomic mass is 9.95. The summed E-state index contributed by atoms with van der Waals surface area (Å²) < 4.78 is 1.79. The molecule has 10 nitrogen and oxygen atoms in total. The zero-order valence-electron chi connectivity index (χ0n) is 22.9. The van der Waals surface area contributed by atoms with Crippen molar-refractivity contribution in [3.05, 3.63) is 148 Å². The van der Waals surface area contributed by atoms with Crippen LogP contribution in [0.3, 0.4) is 0 Å². The molecular weight excluding hydrogens is 620 g/mol. The molecule has 0 saturated carbocycles. The molecule has 3 heterocycles. The lowest BCUT2D eigenvalue weighted by Gasteiger charge is -2.25. The maximum atomic E-state index is 14.0. The third-order valence-corrected chi connectivity index (χ3v) is 8.90. The van der Waals surface area contributed by atoms with Gasteiger partial charge in [0.25, 0.3) is 17.2 Å². The van der Waals surface area contributed by atoms with Gasteiger partial charge in [-0.3, -0.25) is 24.3 Å². The summed E-state index contributed by atoms with van der Waals surface area (Å²) in [5.74, 6) is -0.391. The van der Waals surface area contributed by atoms with Crippen LogP contribution in [0.4, 0.5) is 11.4 Å². The number of para-hydroxylation sites is 1. The van der Waals surface area contributed by atoms with Gasteiger partial charge in [-0.1, -0.05) is 59.3 Å². The number of fused-ring (bicyclic) bond motifs is 1. The van der Waals surface area contributed by atoms with Gasteiger partial charge in [-0.05, 0) is 72.3 Å². The third kappa shape index (κ3) is 5.95. The van der Waals surface area contributed by atoms with Crippen LogP contribution in [-0.2, 0) is 4.79 Å². The van der Waals surface area contributed by atoms with Crippen LogP contribution in [0.5, 0.6) is 0 Å². The van der Waals surface area contributed by atoms with Crippen LogP contribution >= 0.6 is 34.7 Å². The Morgan fingerprint density at radius 1 is 1.07 bits per heavy atom. The van der Waals surface area contributed by atoms with Crippen molar-refractivity contribution in [1.82, 2.24) is 14.5 Å². The second-order valence-electron chi connectivity index (χ2n) is 9.57. The van der Waals surface area contributed by atoms with Crippen LogP contribution in [0.15, 0.2) is 122 Å². The van der Waals surface area contributed by atoms with Gasteiger partial charge in [0.05, 0.1) is 31.7 Å². The van der Waals surface area contributed by atoms with Gasteiger partial charge in [-0.25, -0.2) is 15.0 Å². The highest BCUT2D eigenvalue weighted by Crippen LogP contribution is 2.34. The van der Waals surface area contributed by atoms with Crippen molar-refractivity contribution in [3.8, 4) is 0 Å². The molecule has 0 fully saturated rings. The number of nitrogens with zero attached hydrogens (tertiary/aromatic N) is 5. The molecule has 2 aromatic heterocycles. The zero-order valence-corrected chi connectivity index (χ0v) is 25.3. The summed E-state index contributed by atoms with van der Waals surface area (Å²) in [4.78, 5) is 52.8. The molecule has 44 heavy (non-hydrogen) atoms. The van der Waals surface area contributed by atoms with E-state index in [1.807, 2.05) is 18.2 Å². The first-order valence-electron chi connectivity index (χ1n) is 13.2. The van der Waals surface area contributed by atoms with Crippen LogP contribution in [0.2, 0.25) is 5.02 Å². The fourth-order valence-corrected chi connectivity index (χ4v) is 6.70. The molecule has 0 unspecified atom stereocenters. The van der Waals surface area contributed by atoms with Gasteiger partial charge in [0.1, 0.15) is 0 Å². The molecule has 0 aliphatic carbocycles. The fourth-order valence-electron chi connectivity index (χ4n) is 4.73. The molecule has 6 rings (SSSR count). The van der Waals surface area contributed by atoms with E-state index in [1.54, 1.807) is 80.0 Å². The molecule has 218 valence electrons. The smallest absolute Gasteiger partial charge is 0.283 e. The van der Waals surface area contributed by atoms with Gasteiger partial charge in [-0.2, -0.15) is 0 Å². The number of carbonyl (C=O) groups excluding carboxylic acids is 1.